The van der Waals surface area contributed by atoms with Gasteiger partial charge in [0.2, 0.25) is 0 Å². The van der Waals surface area contributed by atoms with E-state index in [0.29, 0.717) is 27.1 Å². The third-order valence-electron chi connectivity index (χ3n) is 3.27. The highest BCUT2D eigenvalue weighted by molar-refractivity contribution is 6.33. The normalized spacial score (nSPS) is 10.7. The van der Waals surface area contributed by atoms with E-state index < -0.39 is 0 Å². The lowest BCUT2D eigenvalue weighted by Gasteiger charge is -2.10. The molecule has 0 bridgehead atoms. The molecule has 0 radical (unpaired) electrons. The van der Waals surface area contributed by atoms with E-state index in [2.05, 4.69) is 9.97 Å². The molecule has 3 nitrogen and oxygen atoms in total. The molecule has 110 valence electrons. The molecule has 3 rings (SSSR count). The van der Waals surface area contributed by atoms with Gasteiger partial charge in [-0.1, -0.05) is 47.5 Å². The van der Waals surface area contributed by atoms with Crippen LogP contribution in [0.5, 0.6) is 0 Å². The molecule has 3 aromatic rings. The van der Waals surface area contributed by atoms with E-state index in [4.69, 9.17) is 23.2 Å². The van der Waals surface area contributed by atoms with Gasteiger partial charge in [-0.25, -0.2) is 9.97 Å². The third-order valence-corrected chi connectivity index (χ3v) is 3.85. The highest BCUT2D eigenvalue weighted by Crippen LogP contribution is 2.29. The Bertz CT molecular complexity index is 804. The summed E-state index contributed by atoms with van der Waals surface area (Å²) < 4.78 is 0. The first kappa shape index (κ1) is 15.0. The first-order valence-corrected chi connectivity index (χ1v) is 7.42. The van der Waals surface area contributed by atoms with Crippen LogP contribution < -0.4 is 0 Å². The molecule has 0 amide bonds. The Hall–Kier alpha value is -1.94. The van der Waals surface area contributed by atoms with Gasteiger partial charge in [-0.05, 0) is 24.3 Å². The van der Waals surface area contributed by atoms with Crippen molar-refractivity contribution in [1.82, 2.24) is 9.97 Å². The Balaban J connectivity index is 2.15. The van der Waals surface area contributed by atoms with Crippen LogP contribution in [0.25, 0.3) is 22.6 Å². The summed E-state index contributed by atoms with van der Waals surface area (Å²) >= 11 is 12.1. The average molecular weight is 331 g/mol. The Morgan fingerprint density at radius 1 is 0.955 bits per heavy atom. The smallest absolute Gasteiger partial charge is 0.161 e. The van der Waals surface area contributed by atoms with E-state index in [-0.39, 0.29) is 6.61 Å². The zero-order chi connectivity index (χ0) is 15.5. The number of benzene rings is 2. The first-order chi connectivity index (χ1) is 10.7. The molecule has 2 aromatic carbocycles. The van der Waals surface area contributed by atoms with Gasteiger partial charge in [0.15, 0.2) is 5.82 Å². The van der Waals surface area contributed by atoms with Crippen LogP contribution in [0.3, 0.4) is 0 Å². The summed E-state index contributed by atoms with van der Waals surface area (Å²) in [7, 11) is 0. The minimum atomic E-state index is -0.138. The Morgan fingerprint density at radius 2 is 1.68 bits per heavy atom. The number of nitrogens with zero attached hydrogens (tertiary/aromatic N) is 2. The van der Waals surface area contributed by atoms with Crippen LogP contribution in [0.1, 0.15) is 5.56 Å². The van der Waals surface area contributed by atoms with E-state index in [9.17, 15) is 5.11 Å². The number of hydrogen-bond acceptors (Lipinski definition) is 3. The van der Waals surface area contributed by atoms with Gasteiger partial charge in [-0.15, -0.1) is 0 Å². The van der Waals surface area contributed by atoms with Crippen molar-refractivity contribution in [3.8, 4) is 22.6 Å². The molecule has 0 fully saturated rings. The van der Waals surface area contributed by atoms with Crippen molar-refractivity contribution in [2.24, 2.45) is 0 Å². The molecule has 1 heterocycles. The summed E-state index contributed by atoms with van der Waals surface area (Å²) in [6.45, 7) is -0.138. The first-order valence-electron chi connectivity index (χ1n) is 6.66. The van der Waals surface area contributed by atoms with Crippen LogP contribution in [0, 0.1) is 0 Å². The standard InChI is InChI=1S/C17H12Cl2N2O/c18-13-7-5-11(6-8-13)16-12(10-22)9-20-17(21-16)14-3-1-2-4-15(14)19/h1-9,22H,10H2. The fraction of sp³-hybridized carbons (Fsp3) is 0.0588. The molecule has 0 spiro atoms. The van der Waals surface area contributed by atoms with Gasteiger partial charge in [-0.2, -0.15) is 0 Å². The van der Waals surface area contributed by atoms with E-state index in [1.807, 2.05) is 30.3 Å². The number of rotatable bonds is 3. The molecule has 0 aliphatic heterocycles. The lowest BCUT2D eigenvalue weighted by Crippen LogP contribution is -1.98. The molecule has 0 saturated heterocycles. The summed E-state index contributed by atoms with van der Waals surface area (Å²) in [4.78, 5) is 8.88. The molecule has 0 aliphatic rings. The fourth-order valence-corrected chi connectivity index (χ4v) is 2.50. The lowest BCUT2D eigenvalue weighted by atomic mass is 10.1. The largest absolute Gasteiger partial charge is 0.392 e. The Labute approximate surface area is 138 Å². The third kappa shape index (κ3) is 2.97. The molecule has 1 N–H and O–H groups in total. The maximum absolute atomic E-state index is 9.52. The summed E-state index contributed by atoms with van der Waals surface area (Å²) in [5.74, 6) is 0.521. The summed E-state index contributed by atoms with van der Waals surface area (Å²) in [6, 6.07) is 14.7. The lowest BCUT2D eigenvalue weighted by molar-refractivity contribution is 0.281. The topological polar surface area (TPSA) is 46.0 Å². The number of aliphatic hydroxyl groups is 1. The summed E-state index contributed by atoms with van der Waals surface area (Å²) in [5, 5.41) is 10.8. The minimum Gasteiger partial charge on any atom is -0.392 e. The second-order valence-corrected chi connectivity index (χ2v) is 5.56. The van der Waals surface area contributed by atoms with Gasteiger partial charge < -0.3 is 5.11 Å². The second kappa shape index (κ2) is 6.44. The van der Waals surface area contributed by atoms with E-state index in [1.54, 1.807) is 24.4 Å². The van der Waals surface area contributed by atoms with Gasteiger partial charge in [0.1, 0.15) is 0 Å². The summed E-state index contributed by atoms with van der Waals surface area (Å²) in [6.07, 6.45) is 1.62. The van der Waals surface area contributed by atoms with Crippen molar-refractivity contribution in [3.63, 3.8) is 0 Å². The molecule has 0 aliphatic carbocycles. The van der Waals surface area contributed by atoms with E-state index >= 15 is 0 Å². The van der Waals surface area contributed by atoms with E-state index in [1.165, 1.54) is 0 Å². The number of aliphatic hydroxyl groups excluding tert-OH is 1. The van der Waals surface area contributed by atoms with Gasteiger partial charge in [0.25, 0.3) is 0 Å². The predicted molar refractivity (Wildman–Crippen MR) is 88.8 cm³/mol. The van der Waals surface area contributed by atoms with E-state index in [0.717, 1.165) is 11.1 Å². The maximum atomic E-state index is 9.52. The number of aromatic nitrogens is 2. The molecular formula is C17H12Cl2N2O. The van der Waals surface area contributed by atoms with Crippen molar-refractivity contribution in [3.05, 3.63) is 70.3 Å². The molecule has 0 atom stereocenters. The van der Waals surface area contributed by atoms with Gasteiger partial charge >= 0.3 is 0 Å². The molecule has 0 unspecified atom stereocenters. The van der Waals surface area contributed by atoms with Crippen molar-refractivity contribution >= 4 is 23.2 Å². The van der Waals surface area contributed by atoms with Crippen LogP contribution in [0.15, 0.2) is 54.7 Å². The quantitative estimate of drug-likeness (QED) is 0.762. The fourth-order valence-electron chi connectivity index (χ4n) is 2.15. The van der Waals surface area contributed by atoms with Gasteiger partial charge in [0, 0.05) is 27.9 Å². The van der Waals surface area contributed by atoms with Crippen LogP contribution >= 0.6 is 23.2 Å². The van der Waals surface area contributed by atoms with Crippen LogP contribution in [0.4, 0.5) is 0 Å². The molecule has 22 heavy (non-hydrogen) atoms. The molecule has 0 saturated carbocycles. The predicted octanol–water partition coefficient (Wildman–Crippen LogP) is 4.61. The highest BCUT2D eigenvalue weighted by Gasteiger charge is 2.12. The maximum Gasteiger partial charge on any atom is 0.161 e. The zero-order valence-electron chi connectivity index (χ0n) is 11.5. The van der Waals surface area contributed by atoms with Crippen LogP contribution in [-0.4, -0.2) is 15.1 Å². The van der Waals surface area contributed by atoms with Crippen molar-refractivity contribution in [1.29, 1.82) is 0 Å². The van der Waals surface area contributed by atoms with Gasteiger partial charge in [0.05, 0.1) is 17.3 Å². The SMILES string of the molecule is OCc1cnc(-c2ccccc2Cl)nc1-c1ccc(Cl)cc1. The Kier molecular flexibility index (Phi) is 4.39. The molecule has 1 aromatic heterocycles. The Morgan fingerprint density at radius 3 is 2.36 bits per heavy atom. The molecule has 5 heteroatoms. The van der Waals surface area contributed by atoms with Crippen molar-refractivity contribution in [2.45, 2.75) is 6.61 Å². The van der Waals surface area contributed by atoms with Crippen molar-refractivity contribution in [2.75, 3.05) is 0 Å². The van der Waals surface area contributed by atoms with Crippen LogP contribution in [-0.2, 0) is 6.61 Å². The van der Waals surface area contributed by atoms with Crippen LogP contribution in [0.2, 0.25) is 10.0 Å². The van der Waals surface area contributed by atoms with Crippen molar-refractivity contribution < 1.29 is 5.11 Å². The number of hydrogen-bond donors (Lipinski definition) is 1. The monoisotopic (exact) mass is 330 g/mol. The second-order valence-electron chi connectivity index (χ2n) is 4.71. The zero-order valence-corrected chi connectivity index (χ0v) is 13.0. The average Bonchev–Trinajstić information content (AvgIpc) is 2.55. The van der Waals surface area contributed by atoms with Gasteiger partial charge in [-0.3, -0.25) is 0 Å². The minimum absolute atomic E-state index is 0.138. The molecular weight excluding hydrogens is 319 g/mol. The number of halogens is 2. The highest BCUT2D eigenvalue weighted by atomic mass is 35.5. The summed E-state index contributed by atoms with van der Waals surface area (Å²) in [5.41, 5.74) is 2.94.